The molecule has 0 atom stereocenters. The molecule has 1 aromatic carbocycles. The molecule has 4 rings (SSSR count). The summed E-state index contributed by atoms with van der Waals surface area (Å²) in [5.74, 6) is -0.152. The van der Waals surface area contributed by atoms with Gasteiger partial charge in [-0.3, -0.25) is 4.79 Å². The van der Waals surface area contributed by atoms with E-state index in [0.29, 0.717) is 52.9 Å². The average molecular weight is 449 g/mol. The Bertz CT molecular complexity index is 1120. The zero-order chi connectivity index (χ0) is 21.4. The van der Waals surface area contributed by atoms with Crippen molar-refractivity contribution in [3.8, 4) is 17.0 Å². The number of fused-ring (bicyclic) bond motifs is 1. The number of aromatic hydroxyl groups is 1. The molecule has 7 nitrogen and oxygen atoms in total. The van der Waals surface area contributed by atoms with Crippen LogP contribution in [0.5, 0.6) is 5.88 Å². The van der Waals surface area contributed by atoms with Gasteiger partial charge in [0.25, 0.3) is 0 Å². The SMILES string of the molecule is Cc1nc2c(O)n(CC(=O)N3CCOCC3)cc2c(-c2ccc(Cl)cc2Cl)c1CN. The van der Waals surface area contributed by atoms with E-state index in [2.05, 4.69) is 4.98 Å². The van der Waals surface area contributed by atoms with E-state index >= 15 is 0 Å². The highest BCUT2D eigenvalue weighted by Gasteiger charge is 2.23. The molecule has 1 amide bonds. The molecule has 3 heterocycles. The maximum absolute atomic E-state index is 12.7. The molecule has 0 saturated carbocycles. The summed E-state index contributed by atoms with van der Waals surface area (Å²) >= 11 is 12.6. The molecular formula is C21H22Cl2N4O3. The van der Waals surface area contributed by atoms with Crippen molar-refractivity contribution < 1.29 is 14.6 Å². The molecular weight excluding hydrogens is 427 g/mol. The Hall–Kier alpha value is -2.32. The van der Waals surface area contributed by atoms with Crippen LogP contribution in [-0.2, 0) is 22.6 Å². The second-order valence-electron chi connectivity index (χ2n) is 7.22. The predicted molar refractivity (Wildman–Crippen MR) is 117 cm³/mol. The first-order valence-corrected chi connectivity index (χ1v) is 10.4. The van der Waals surface area contributed by atoms with Crippen molar-refractivity contribution in [1.29, 1.82) is 0 Å². The second kappa shape index (κ2) is 8.43. The Labute approximate surface area is 183 Å². The molecule has 0 aliphatic carbocycles. The minimum absolute atomic E-state index is 0.00693. The van der Waals surface area contributed by atoms with Gasteiger partial charge in [0.05, 0.1) is 13.2 Å². The third-order valence-electron chi connectivity index (χ3n) is 5.39. The molecule has 1 saturated heterocycles. The van der Waals surface area contributed by atoms with Crippen LogP contribution in [0.4, 0.5) is 0 Å². The lowest BCUT2D eigenvalue weighted by Gasteiger charge is -2.27. The van der Waals surface area contributed by atoms with Gasteiger partial charge in [0, 0.05) is 58.1 Å². The number of rotatable bonds is 4. The van der Waals surface area contributed by atoms with Gasteiger partial charge in [-0.05, 0) is 24.6 Å². The summed E-state index contributed by atoms with van der Waals surface area (Å²) in [5.41, 5.74) is 9.48. The van der Waals surface area contributed by atoms with Gasteiger partial charge in [-0.25, -0.2) is 4.98 Å². The monoisotopic (exact) mass is 448 g/mol. The van der Waals surface area contributed by atoms with Gasteiger partial charge in [-0.2, -0.15) is 0 Å². The molecule has 158 valence electrons. The fraction of sp³-hybridized carbons (Fsp3) is 0.333. The lowest BCUT2D eigenvalue weighted by Crippen LogP contribution is -2.42. The highest BCUT2D eigenvalue weighted by atomic mass is 35.5. The fourth-order valence-corrected chi connectivity index (χ4v) is 4.34. The standard InChI is InChI=1S/C21H22Cl2N4O3/c1-12-15(9-24)19(14-3-2-13(22)8-17(14)23)16-10-27(21(29)20(16)25-12)11-18(28)26-4-6-30-7-5-26/h2-3,8,10,29H,4-7,9,11,24H2,1H3. The summed E-state index contributed by atoms with van der Waals surface area (Å²) in [7, 11) is 0. The molecule has 0 bridgehead atoms. The number of amides is 1. The molecule has 0 unspecified atom stereocenters. The van der Waals surface area contributed by atoms with Gasteiger partial charge >= 0.3 is 0 Å². The number of morpholine rings is 1. The second-order valence-corrected chi connectivity index (χ2v) is 8.06. The quantitative estimate of drug-likeness (QED) is 0.638. The normalized spacial score (nSPS) is 14.5. The van der Waals surface area contributed by atoms with Crippen LogP contribution in [0.1, 0.15) is 11.3 Å². The van der Waals surface area contributed by atoms with Crippen LogP contribution < -0.4 is 5.73 Å². The first-order chi connectivity index (χ1) is 14.4. The zero-order valence-electron chi connectivity index (χ0n) is 16.5. The van der Waals surface area contributed by atoms with Crippen LogP contribution >= 0.6 is 23.2 Å². The number of ether oxygens (including phenoxy) is 1. The largest absolute Gasteiger partial charge is 0.493 e. The molecule has 2 aromatic heterocycles. The number of aryl methyl sites for hydroxylation is 1. The Morgan fingerprint density at radius 3 is 2.70 bits per heavy atom. The number of carbonyl (C=O) groups is 1. The van der Waals surface area contributed by atoms with Crippen LogP contribution in [0.15, 0.2) is 24.4 Å². The maximum atomic E-state index is 12.7. The minimum Gasteiger partial charge on any atom is -0.493 e. The number of pyridine rings is 1. The number of hydrogen-bond donors (Lipinski definition) is 2. The van der Waals surface area contributed by atoms with Crippen molar-refractivity contribution in [3.63, 3.8) is 0 Å². The van der Waals surface area contributed by atoms with Crippen LogP contribution in [0, 0.1) is 6.92 Å². The third kappa shape index (κ3) is 3.74. The number of nitrogens with zero attached hydrogens (tertiary/aromatic N) is 3. The Morgan fingerprint density at radius 1 is 1.30 bits per heavy atom. The Balaban J connectivity index is 1.84. The molecule has 9 heteroatoms. The zero-order valence-corrected chi connectivity index (χ0v) is 18.0. The summed E-state index contributed by atoms with van der Waals surface area (Å²) in [4.78, 5) is 19.0. The molecule has 1 fully saturated rings. The topological polar surface area (TPSA) is 93.6 Å². The van der Waals surface area contributed by atoms with Gasteiger partial charge in [-0.1, -0.05) is 29.3 Å². The lowest BCUT2D eigenvalue weighted by molar-refractivity contribution is -0.135. The molecule has 30 heavy (non-hydrogen) atoms. The van der Waals surface area contributed by atoms with Crippen molar-refractivity contribution in [3.05, 3.63) is 45.7 Å². The molecule has 0 radical (unpaired) electrons. The number of aromatic nitrogens is 2. The van der Waals surface area contributed by atoms with E-state index < -0.39 is 0 Å². The summed E-state index contributed by atoms with van der Waals surface area (Å²) in [6.07, 6.45) is 1.73. The van der Waals surface area contributed by atoms with Gasteiger partial charge in [0.2, 0.25) is 11.8 Å². The van der Waals surface area contributed by atoms with Crippen molar-refractivity contribution in [2.75, 3.05) is 26.3 Å². The average Bonchev–Trinajstić information content (AvgIpc) is 3.03. The molecule has 1 aliphatic rings. The van der Waals surface area contributed by atoms with E-state index in [4.69, 9.17) is 33.7 Å². The predicted octanol–water partition coefficient (Wildman–Crippen LogP) is 3.34. The Kier molecular flexibility index (Phi) is 5.88. The highest BCUT2D eigenvalue weighted by Crippen LogP contribution is 2.40. The number of halogens is 2. The highest BCUT2D eigenvalue weighted by molar-refractivity contribution is 6.36. The van der Waals surface area contributed by atoms with Gasteiger partial charge < -0.3 is 25.0 Å². The smallest absolute Gasteiger partial charge is 0.242 e. The third-order valence-corrected chi connectivity index (χ3v) is 5.93. The van der Waals surface area contributed by atoms with E-state index in [-0.39, 0.29) is 24.9 Å². The Morgan fingerprint density at radius 2 is 2.03 bits per heavy atom. The van der Waals surface area contributed by atoms with E-state index in [0.717, 1.165) is 16.7 Å². The van der Waals surface area contributed by atoms with E-state index in [1.807, 2.05) is 13.0 Å². The van der Waals surface area contributed by atoms with E-state index in [1.165, 1.54) is 4.57 Å². The fourth-order valence-electron chi connectivity index (χ4n) is 3.84. The number of nitrogens with two attached hydrogens (primary N) is 1. The summed E-state index contributed by atoms with van der Waals surface area (Å²) in [5, 5.41) is 12.5. The first-order valence-electron chi connectivity index (χ1n) is 9.63. The maximum Gasteiger partial charge on any atom is 0.242 e. The molecule has 1 aliphatic heterocycles. The van der Waals surface area contributed by atoms with Crippen molar-refractivity contribution >= 4 is 40.0 Å². The van der Waals surface area contributed by atoms with Crippen LogP contribution in [0.2, 0.25) is 10.0 Å². The minimum atomic E-state index is -0.0873. The van der Waals surface area contributed by atoms with Crippen molar-refractivity contribution in [2.24, 2.45) is 5.73 Å². The number of hydrogen-bond acceptors (Lipinski definition) is 5. The number of carbonyl (C=O) groups excluding carboxylic acids is 1. The lowest BCUT2D eigenvalue weighted by atomic mass is 9.96. The van der Waals surface area contributed by atoms with Gasteiger partial charge in [0.15, 0.2) is 0 Å². The van der Waals surface area contributed by atoms with Crippen molar-refractivity contribution in [1.82, 2.24) is 14.5 Å². The molecule has 3 N–H and O–H groups in total. The molecule has 3 aromatic rings. The van der Waals surface area contributed by atoms with Crippen molar-refractivity contribution in [2.45, 2.75) is 20.0 Å². The summed E-state index contributed by atoms with van der Waals surface area (Å²) in [6, 6.07) is 5.24. The van der Waals surface area contributed by atoms with Crippen LogP contribution in [0.3, 0.4) is 0 Å². The van der Waals surface area contributed by atoms with E-state index in [1.54, 1.807) is 23.2 Å². The van der Waals surface area contributed by atoms with Crippen LogP contribution in [0.25, 0.3) is 22.0 Å². The summed E-state index contributed by atoms with van der Waals surface area (Å²) in [6.45, 7) is 4.22. The summed E-state index contributed by atoms with van der Waals surface area (Å²) < 4.78 is 6.82. The van der Waals surface area contributed by atoms with Gasteiger partial charge in [-0.15, -0.1) is 0 Å². The van der Waals surface area contributed by atoms with Crippen LogP contribution in [-0.4, -0.2) is 51.8 Å². The first kappa shape index (κ1) is 20.9. The van der Waals surface area contributed by atoms with Gasteiger partial charge in [0.1, 0.15) is 12.1 Å². The number of benzene rings is 1. The van der Waals surface area contributed by atoms with E-state index in [9.17, 15) is 9.90 Å². The molecule has 0 spiro atoms.